The number of carbonyl (C=O) groups is 1. The maximum Gasteiger partial charge on any atom is 0.416 e. The molecule has 2 aliphatic rings. The number of benzene rings is 2. The largest absolute Gasteiger partial charge is 0.416 e. The molecular weight excluding hydrogens is 493 g/mol. The molecule has 1 atom stereocenters. The minimum atomic E-state index is -4.31. The highest BCUT2D eigenvalue weighted by Crippen LogP contribution is 2.35. The summed E-state index contributed by atoms with van der Waals surface area (Å²) in [5.41, 5.74) is 4.82. The first-order valence-corrected chi connectivity index (χ1v) is 12.6. The SMILES string of the molecule is CC1CN(c2cncnc2)Cc2cc(C=O)ccc21.CNc1cc(N2CCN(C)CC2)cc(C(F)(F)F)c1. The number of alkyl halides is 3. The highest BCUT2D eigenvalue weighted by Gasteiger charge is 2.32. The number of piperazine rings is 1. The fraction of sp³-hybridized carbons (Fsp3) is 0.393. The van der Waals surface area contributed by atoms with Gasteiger partial charge in [-0.15, -0.1) is 0 Å². The van der Waals surface area contributed by atoms with E-state index in [9.17, 15) is 18.0 Å². The maximum atomic E-state index is 12.9. The third kappa shape index (κ3) is 6.61. The van der Waals surface area contributed by atoms with Crippen molar-refractivity contribution < 1.29 is 18.0 Å². The molecule has 0 aliphatic carbocycles. The number of hydrogen-bond donors (Lipinski definition) is 1. The Kier molecular flexibility index (Phi) is 8.51. The van der Waals surface area contributed by atoms with E-state index >= 15 is 0 Å². The summed E-state index contributed by atoms with van der Waals surface area (Å²) in [7, 11) is 3.64. The Morgan fingerprint density at radius 3 is 2.32 bits per heavy atom. The number of nitrogens with one attached hydrogen (secondary N) is 1. The first-order valence-electron chi connectivity index (χ1n) is 12.6. The van der Waals surface area contributed by atoms with E-state index in [1.807, 2.05) is 36.5 Å². The average Bonchev–Trinajstić information content (AvgIpc) is 2.93. The van der Waals surface area contributed by atoms with Crippen LogP contribution < -0.4 is 15.1 Å². The molecule has 1 aromatic heterocycles. The van der Waals surface area contributed by atoms with Crippen LogP contribution in [0, 0.1) is 0 Å². The zero-order chi connectivity index (χ0) is 27.3. The predicted molar refractivity (Wildman–Crippen MR) is 144 cm³/mol. The molecule has 3 heterocycles. The lowest BCUT2D eigenvalue weighted by Gasteiger charge is -2.34. The fourth-order valence-corrected chi connectivity index (χ4v) is 4.83. The standard InChI is InChI=1S/C15H15N3O.C13H18F3N3/c1-11-7-18(14-5-16-10-17-6-14)8-13-4-12(9-19)2-3-15(11)13;1-17-11-7-10(13(14,15)16)8-12(9-11)19-5-3-18(2)4-6-19/h2-6,9-11H,7-8H2,1H3;7-9,17H,3-6H2,1-2H3. The summed E-state index contributed by atoms with van der Waals surface area (Å²) in [6.07, 6.45) is 1.78. The second-order valence-electron chi connectivity index (χ2n) is 9.76. The molecule has 1 unspecified atom stereocenters. The summed E-state index contributed by atoms with van der Waals surface area (Å²) in [6.45, 7) is 7.18. The summed E-state index contributed by atoms with van der Waals surface area (Å²) in [5.74, 6) is 0.435. The third-order valence-corrected chi connectivity index (χ3v) is 7.00. The van der Waals surface area contributed by atoms with Crippen molar-refractivity contribution in [3.05, 3.63) is 77.4 Å². The van der Waals surface area contributed by atoms with Gasteiger partial charge in [0.05, 0.1) is 23.6 Å². The van der Waals surface area contributed by atoms with Crippen molar-refractivity contribution in [1.82, 2.24) is 14.9 Å². The van der Waals surface area contributed by atoms with Crippen LogP contribution in [0.2, 0.25) is 0 Å². The number of hydrogen-bond acceptors (Lipinski definition) is 7. The Morgan fingerprint density at radius 2 is 1.68 bits per heavy atom. The van der Waals surface area contributed by atoms with Crippen LogP contribution in [-0.4, -0.2) is 68.0 Å². The van der Waals surface area contributed by atoms with Crippen LogP contribution in [0.4, 0.5) is 30.2 Å². The van der Waals surface area contributed by atoms with E-state index in [0.29, 0.717) is 17.3 Å². The highest BCUT2D eigenvalue weighted by atomic mass is 19.4. The van der Waals surface area contributed by atoms with Crippen molar-refractivity contribution in [2.24, 2.45) is 0 Å². The number of likely N-dealkylation sites (N-methyl/N-ethyl adjacent to an activating group) is 1. The Morgan fingerprint density at radius 1 is 0.974 bits per heavy atom. The van der Waals surface area contributed by atoms with E-state index in [-0.39, 0.29) is 0 Å². The van der Waals surface area contributed by atoms with Gasteiger partial charge >= 0.3 is 6.18 Å². The van der Waals surface area contributed by atoms with E-state index in [0.717, 1.165) is 62.9 Å². The molecule has 0 amide bonds. The molecular formula is C28H33F3N6O. The van der Waals surface area contributed by atoms with Gasteiger partial charge in [-0.3, -0.25) is 4.79 Å². The molecule has 10 heteroatoms. The van der Waals surface area contributed by atoms with Gasteiger partial charge in [0.25, 0.3) is 0 Å². The van der Waals surface area contributed by atoms with Crippen LogP contribution in [0.15, 0.2) is 55.1 Å². The van der Waals surface area contributed by atoms with Gasteiger partial charge in [0.2, 0.25) is 0 Å². The summed E-state index contributed by atoms with van der Waals surface area (Å²) in [4.78, 5) is 25.4. The fourth-order valence-electron chi connectivity index (χ4n) is 4.83. The normalized spacial score (nSPS) is 17.8. The Labute approximate surface area is 221 Å². The predicted octanol–water partition coefficient (Wildman–Crippen LogP) is 4.91. The lowest BCUT2D eigenvalue weighted by atomic mass is 9.90. The van der Waals surface area contributed by atoms with Gasteiger partial charge in [-0.25, -0.2) is 9.97 Å². The van der Waals surface area contributed by atoms with Crippen molar-refractivity contribution in [1.29, 1.82) is 0 Å². The van der Waals surface area contributed by atoms with Crippen molar-refractivity contribution in [2.75, 3.05) is 61.9 Å². The van der Waals surface area contributed by atoms with Crippen molar-refractivity contribution >= 4 is 23.3 Å². The van der Waals surface area contributed by atoms with Crippen LogP contribution >= 0.6 is 0 Å². The van der Waals surface area contributed by atoms with Crippen LogP contribution in [0.1, 0.15) is 39.9 Å². The van der Waals surface area contributed by atoms with Gasteiger partial charge in [-0.05, 0) is 48.4 Å². The third-order valence-electron chi connectivity index (χ3n) is 7.00. The molecule has 1 N–H and O–H groups in total. The van der Waals surface area contributed by atoms with Gasteiger partial charge in [-0.1, -0.05) is 19.1 Å². The van der Waals surface area contributed by atoms with Gasteiger partial charge in [0, 0.05) is 63.3 Å². The molecule has 7 nitrogen and oxygen atoms in total. The topological polar surface area (TPSA) is 64.6 Å². The molecule has 3 aromatic rings. The summed E-state index contributed by atoms with van der Waals surface area (Å²) in [5, 5.41) is 2.79. The zero-order valence-electron chi connectivity index (χ0n) is 21.9. The first kappa shape index (κ1) is 27.4. The number of rotatable bonds is 4. The molecule has 0 radical (unpaired) electrons. The minimum Gasteiger partial charge on any atom is -0.388 e. The smallest absolute Gasteiger partial charge is 0.388 e. The van der Waals surface area contributed by atoms with Crippen LogP contribution in [0.3, 0.4) is 0 Å². The van der Waals surface area contributed by atoms with Crippen LogP contribution in [0.25, 0.3) is 0 Å². The van der Waals surface area contributed by atoms with E-state index in [1.165, 1.54) is 23.5 Å². The Hall–Kier alpha value is -3.66. The van der Waals surface area contributed by atoms with Crippen molar-refractivity contribution in [2.45, 2.75) is 25.6 Å². The van der Waals surface area contributed by atoms with E-state index < -0.39 is 11.7 Å². The van der Waals surface area contributed by atoms with E-state index in [2.05, 4.69) is 38.1 Å². The first-order chi connectivity index (χ1) is 18.2. The molecule has 38 heavy (non-hydrogen) atoms. The van der Waals surface area contributed by atoms with Gasteiger partial charge < -0.3 is 20.0 Å². The van der Waals surface area contributed by atoms with Crippen molar-refractivity contribution in [3.8, 4) is 0 Å². The van der Waals surface area contributed by atoms with Crippen molar-refractivity contribution in [3.63, 3.8) is 0 Å². The molecule has 1 saturated heterocycles. The Bertz CT molecular complexity index is 1230. The number of aldehydes is 1. The zero-order valence-corrected chi connectivity index (χ0v) is 21.9. The molecule has 2 aliphatic heterocycles. The monoisotopic (exact) mass is 526 g/mol. The van der Waals surface area contributed by atoms with E-state index in [1.54, 1.807) is 13.1 Å². The number of halogens is 3. The van der Waals surface area contributed by atoms with E-state index in [4.69, 9.17) is 0 Å². The highest BCUT2D eigenvalue weighted by molar-refractivity contribution is 5.75. The average molecular weight is 527 g/mol. The second kappa shape index (κ2) is 11.8. The minimum absolute atomic E-state index is 0.435. The summed E-state index contributed by atoms with van der Waals surface area (Å²) in [6, 6.07) is 10.1. The summed E-state index contributed by atoms with van der Waals surface area (Å²) < 4.78 is 38.6. The van der Waals surface area contributed by atoms with Gasteiger partial charge in [0.15, 0.2) is 0 Å². The maximum absolute atomic E-state index is 12.9. The molecule has 0 bridgehead atoms. The number of nitrogens with zero attached hydrogens (tertiary/aromatic N) is 5. The number of carbonyl (C=O) groups excluding carboxylic acids is 1. The molecule has 0 spiro atoms. The number of anilines is 3. The number of fused-ring (bicyclic) bond motifs is 1. The quantitative estimate of drug-likeness (QED) is 0.485. The molecule has 2 aromatic carbocycles. The second-order valence-corrected chi connectivity index (χ2v) is 9.76. The lowest BCUT2D eigenvalue weighted by Crippen LogP contribution is -2.44. The van der Waals surface area contributed by atoms with Gasteiger partial charge in [-0.2, -0.15) is 13.2 Å². The van der Waals surface area contributed by atoms with Crippen LogP contribution in [0.5, 0.6) is 0 Å². The van der Waals surface area contributed by atoms with Gasteiger partial charge in [0.1, 0.15) is 12.6 Å². The molecule has 1 fully saturated rings. The summed E-state index contributed by atoms with van der Waals surface area (Å²) >= 11 is 0. The molecule has 5 rings (SSSR count). The lowest BCUT2D eigenvalue weighted by molar-refractivity contribution is -0.137. The molecule has 202 valence electrons. The number of aromatic nitrogens is 2. The Balaban J connectivity index is 0.000000177. The molecule has 0 saturated carbocycles. The van der Waals surface area contributed by atoms with Crippen LogP contribution in [-0.2, 0) is 12.7 Å².